The van der Waals surface area contributed by atoms with Crippen LogP contribution in [0, 0.1) is 5.82 Å². The van der Waals surface area contributed by atoms with Crippen LogP contribution < -0.4 is 15.1 Å². The van der Waals surface area contributed by atoms with Crippen LogP contribution in [0.4, 0.5) is 20.6 Å². The molecule has 8 nitrogen and oxygen atoms in total. The van der Waals surface area contributed by atoms with Gasteiger partial charge in [0.2, 0.25) is 5.91 Å². The summed E-state index contributed by atoms with van der Waals surface area (Å²) in [6.07, 6.45) is 2.99. The van der Waals surface area contributed by atoms with Crippen LogP contribution >= 0.6 is 11.6 Å². The zero-order valence-corrected chi connectivity index (χ0v) is 17.0. The van der Waals surface area contributed by atoms with E-state index < -0.39 is 18.0 Å². The van der Waals surface area contributed by atoms with E-state index in [2.05, 4.69) is 10.5 Å². The van der Waals surface area contributed by atoms with E-state index in [1.807, 2.05) is 11.0 Å². The average Bonchev–Trinajstić information content (AvgIpc) is 3.32. The molecule has 1 saturated heterocycles. The fourth-order valence-corrected chi connectivity index (χ4v) is 3.75. The van der Waals surface area contributed by atoms with E-state index in [1.165, 1.54) is 24.1 Å². The van der Waals surface area contributed by atoms with Crippen LogP contribution in [0.2, 0.25) is 5.02 Å². The maximum atomic E-state index is 14.9. The van der Waals surface area contributed by atoms with Crippen molar-refractivity contribution in [2.45, 2.75) is 19.4 Å². The smallest absolute Gasteiger partial charge is 0.414 e. The first-order valence-electron chi connectivity index (χ1n) is 9.49. The van der Waals surface area contributed by atoms with Gasteiger partial charge >= 0.3 is 6.09 Å². The maximum Gasteiger partial charge on any atom is 0.414 e. The van der Waals surface area contributed by atoms with Gasteiger partial charge in [-0.05, 0) is 30.2 Å². The first-order chi connectivity index (χ1) is 14.4. The third-order valence-corrected chi connectivity index (χ3v) is 5.33. The number of carbonyl (C=O) groups is 2. The van der Waals surface area contributed by atoms with Gasteiger partial charge in [0.05, 0.1) is 30.7 Å². The Kier molecular flexibility index (Phi) is 5.63. The number of rotatable bonds is 5. The highest BCUT2D eigenvalue weighted by Gasteiger charge is 2.33. The van der Waals surface area contributed by atoms with E-state index in [0.29, 0.717) is 41.7 Å². The van der Waals surface area contributed by atoms with Gasteiger partial charge in [-0.15, -0.1) is 0 Å². The van der Waals surface area contributed by atoms with E-state index in [0.717, 1.165) is 5.57 Å². The summed E-state index contributed by atoms with van der Waals surface area (Å²) in [6, 6.07) is 4.66. The maximum absolute atomic E-state index is 14.9. The van der Waals surface area contributed by atoms with Crippen molar-refractivity contribution in [1.82, 2.24) is 10.5 Å². The summed E-state index contributed by atoms with van der Waals surface area (Å²) in [7, 11) is 0. The van der Waals surface area contributed by atoms with Crippen molar-refractivity contribution in [3.05, 3.63) is 47.1 Å². The molecule has 2 amide bonds. The van der Waals surface area contributed by atoms with Crippen LogP contribution in [-0.4, -0.2) is 49.4 Å². The van der Waals surface area contributed by atoms with Gasteiger partial charge in [0.25, 0.3) is 0 Å². The summed E-state index contributed by atoms with van der Waals surface area (Å²) in [4.78, 5) is 26.4. The Morgan fingerprint density at radius 2 is 2.27 bits per heavy atom. The van der Waals surface area contributed by atoms with Crippen LogP contribution in [-0.2, 0) is 9.53 Å². The third kappa shape index (κ3) is 4.11. The van der Waals surface area contributed by atoms with E-state index in [1.54, 1.807) is 12.1 Å². The standard InChI is InChI=1S/C20H20ClFN4O4/c1-12(27)23-9-15-11-26(20(28)29-15)14-2-3-18(17(22)8-14)25-6-4-13(5-7-25)19-16(21)10-24-30-19/h2-4,8,10,15H,5-7,9,11H2,1H3,(H,23,27)/t15-/m0/s1. The van der Waals surface area contributed by atoms with E-state index >= 15 is 0 Å². The fourth-order valence-electron chi connectivity index (χ4n) is 3.55. The predicted molar refractivity (Wildman–Crippen MR) is 109 cm³/mol. The molecule has 0 saturated carbocycles. The molecule has 1 aromatic carbocycles. The molecule has 30 heavy (non-hydrogen) atoms. The van der Waals surface area contributed by atoms with Crippen LogP contribution in [0.5, 0.6) is 0 Å². The van der Waals surface area contributed by atoms with E-state index in [9.17, 15) is 14.0 Å². The number of amides is 2. The van der Waals surface area contributed by atoms with Crippen molar-refractivity contribution >= 4 is 40.5 Å². The molecule has 1 fully saturated rings. The molecule has 1 aromatic heterocycles. The quantitative estimate of drug-likeness (QED) is 0.777. The summed E-state index contributed by atoms with van der Waals surface area (Å²) in [6.45, 7) is 2.93. The van der Waals surface area contributed by atoms with Crippen molar-refractivity contribution in [3.8, 4) is 0 Å². The number of anilines is 2. The molecule has 158 valence electrons. The largest absolute Gasteiger partial charge is 0.442 e. The number of nitrogens with one attached hydrogen (secondary N) is 1. The molecule has 2 aliphatic heterocycles. The minimum Gasteiger partial charge on any atom is -0.442 e. The average molecular weight is 435 g/mol. The molecule has 2 aromatic rings. The second-order valence-corrected chi connectivity index (χ2v) is 7.52. The van der Waals surface area contributed by atoms with Crippen LogP contribution in [0.3, 0.4) is 0 Å². The lowest BCUT2D eigenvalue weighted by Crippen LogP contribution is -2.33. The molecule has 0 bridgehead atoms. The first kappa shape index (κ1) is 20.2. The lowest BCUT2D eigenvalue weighted by atomic mass is 10.0. The summed E-state index contributed by atoms with van der Waals surface area (Å²) in [5.41, 5.74) is 1.80. The van der Waals surface area contributed by atoms with Gasteiger partial charge in [-0.25, -0.2) is 9.18 Å². The highest BCUT2D eigenvalue weighted by atomic mass is 35.5. The zero-order chi connectivity index (χ0) is 21.3. The number of aromatic nitrogens is 1. The van der Waals surface area contributed by atoms with Gasteiger partial charge in [0.15, 0.2) is 5.76 Å². The SMILES string of the molecule is CC(=O)NC[C@H]1CN(c2ccc(N3CC=C(c4oncc4Cl)CC3)c(F)c2)C(=O)O1. The lowest BCUT2D eigenvalue weighted by Gasteiger charge is -2.28. The first-order valence-corrected chi connectivity index (χ1v) is 9.87. The zero-order valence-electron chi connectivity index (χ0n) is 16.2. The predicted octanol–water partition coefficient (Wildman–Crippen LogP) is 3.22. The van der Waals surface area contributed by atoms with Gasteiger partial charge in [0, 0.05) is 20.0 Å². The molecule has 4 rings (SSSR count). The van der Waals surface area contributed by atoms with Crippen molar-refractivity contribution < 1.29 is 23.2 Å². The van der Waals surface area contributed by atoms with Gasteiger partial charge < -0.3 is 19.5 Å². The molecule has 2 aliphatic rings. The number of nitrogens with zero attached hydrogens (tertiary/aromatic N) is 3. The number of benzene rings is 1. The number of cyclic esters (lactones) is 1. The van der Waals surface area contributed by atoms with Crippen molar-refractivity contribution in [2.75, 3.05) is 36.0 Å². The number of ether oxygens (including phenoxy) is 1. The summed E-state index contributed by atoms with van der Waals surface area (Å²) >= 11 is 6.05. The monoisotopic (exact) mass is 434 g/mol. The Bertz CT molecular complexity index is 1010. The number of hydrogen-bond donors (Lipinski definition) is 1. The Labute approximate surface area is 177 Å². The Balaban J connectivity index is 1.44. The molecular weight excluding hydrogens is 415 g/mol. The Morgan fingerprint density at radius 1 is 1.43 bits per heavy atom. The number of carbonyl (C=O) groups excluding carboxylic acids is 2. The van der Waals surface area contributed by atoms with Crippen LogP contribution in [0.25, 0.3) is 5.57 Å². The molecule has 1 N–H and O–H groups in total. The molecular formula is C20H20ClFN4O4. The minimum absolute atomic E-state index is 0.204. The molecule has 0 spiro atoms. The fraction of sp³-hybridized carbons (Fsp3) is 0.350. The van der Waals surface area contributed by atoms with Gasteiger partial charge in [-0.3, -0.25) is 9.69 Å². The summed E-state index contributed by atoms with van der Waals surface area (Å²) < 4.78 is 25.3. The van der Waals surface area contributed by atoms with Crippen LogP contribution in [0.1, 0.15) is 19.1 Å². The topological polar surface area (TPSA) is 87.9 Å². The lowest BCUT2D eigenvalue weighted by molar-refractivity contribution is -0.119. The summed E-state index contributed by atoms with van der Waals surface area (Å²) in [5.74, 6) is -0.0853. The molecule has 0 aliphatic carbocycles. The molecule has 3 heterocycles. The second kappa shape index (κ2) is 8.35. The number of halogens is 2. The highest BCUT2D eigenvalue weighted by Crippen LogP contribution is 2.32. The normalized spacial score (nSPS) is 19.0. The molecule has 0 unspecified atom stereocenters. The highest BCUT2D eigenvalue weighted by molar-refractivity contribution is 6.31. The third-order valence-electron chi connectivity index (χ3n) is 5.06. The van der Waals surface area contributed by atoms with E-state index in [4.69, 9.17) is 20.9 Å². The van der Waals surface area contributed by atoms with Crippen LogP contribution in [0.15, 0.2) is 35.0 Å². The molecule has 10 heteroatoms. The van der Waals surface area contributed by atoms with Crippen molar-refractivity contribution in [2.24, 2.45) is 0 Å². The van der Waals surface area contributed by atoms with Gasteiger partial charge in [-0.1, -0.05) is 22.8 Å². The second-order valence-electron chi connectivity index (χ2n) is 7.12. The Morgan fingerprint density at radius 3 is 2.90 bits per heavy atom. The Hall–Kier alpha value is -3.07. The summed E-state index contributed by atoms with van der Waals surface area (Å²) in [5, 5.41) is 6.75. The number of hydrogen-bond acceptors (Lipinski definition) is 6. The molecule has 1 atom stereocenters. The minimum atomic E-state index is -0.563. The van der Waals surface area contributed by atoms with Gasteiger partial charge in [-0.2, -0.15) is 0 Å². The van der Waals surface area contributed by atoms with Crippen molar-refractivity contribution in [3.63, 3.8) is 0 Å². The van der Waals surface area contributed by atoms with E-state index in [-0.39, 0.29) is 19.0 Å². The van der Waals surface area contributed by atoms with Crippen molar-refractivity contribution in [1.29, 1.82) is 0 Å². The molecule has 0 radical (unpaired) electrons. The van der Waals surface area contributed by atoms with Gasteiger partial charge in [0.1, 0.15) is 16.9 Å².